The predicted octanol–water partition coefficient (Wildman–Crippen LogP) is 16.9. The van der Waals surface area contributed by atoms with Crippen LogP contribution >= 0.6 is 0 Å². The molecule has 0 radical (unpaired) electrons. The van der Waals surface area contributed by atoms with Crippen molar-refractivity contribution in [3.63, 3.8) is 0 Å². The van der Waals surface area contributed by atoms with Gasteiger partial charge in [0, 0.05) is 39.5 Å². The summed E-state index contributed by atoms with van der Waals surface area (Å²) in [4.78, 5) is 5.50. The molecule has 334 valence electrons. The molecule has 1 fully saturated rings. The van der Waals surface area contributed by atoms with Gasteiger partial charge in [-0.25, -0.2) is 0 Å². The molecule has 7 aromatic rings. The van der Waals surface area contributed by atoms with Crippen molar-refractivity contribution in [3.05, 3.63) is 258 Å². The van der Waals surface area contributed by atoms with Crippen LogP contribution in [0.3, 0.4) is 0 Å². The molecule has 12 rings (SSSR count). The van der Waals surface area contributed by atoms with Crippen molar-refractivity contribution in [1.82, 2.24) is 0 Å². The minimum atomic E-state index is -0.497. The maximum Gasteiger partial charge on any atom is 0.0920 e. The third-order valence-corrected chi connectivity index (χ3v) is 16.3. The van der Waals surface area contributed by atoms with Crippen molar-refractivity contribution < 1.29 is 0 Å². The maximum absolute atomic E-state index is 2.85. The Morgan fingerprint density at radius 3 is 2.04 bits per heavy atom. The lowest BCUT2D eigenvalue weighted by Gasteiger charge is -2.55. The number of nitrogens with zero attached hydrogens (tertiary/aromatic N) is 2. The van der Waals surface area contributed by atoms with Gasteiger partial charge >= 0.3 is 0 Å². The van der Waals surface area contributed by atoms with Crippen LogP contribution in [0.1, 0.15) is 92.0 Å². The molecule has 1 saturated carbocycles. The summed E-state index contributed by atoms with van der Waals surface area (Å²) in [6, 6.07) is 63.9. The fourth-order valence-corrected chi connectivity index (χ4v) is 13.1. The molecule has 1 heterocycles. The Labute approximate surface area is 403 Å². The number of benzene rings is 7. The summed E-state index contributed by atoms with van der Waals surface area (Å²) < 4.78 is 0. The number of hydrogen-bond acceptors (Lipinski definition) is 2. The molecule has 0 amide bonds. The van der Waals surface area contributed by atoms with Gasteiger partial charge in [0.25, 0.3) is 0 Å². The van der Waals surface area contributed by atoms with E-state index in [-0.39, 0.29) is 18.0 Å². The minimum absolute atomic E-state index is 0.0929. The lowest BCUT2D eigenvalue weighted by molar-refractivity contribution is 0.410. The van der Waals surface area contributed by atoms with E-state index in [1.807, 2.05) is 0 Å². The van der Waals surface area contributed by atoms with Crippen molar-refractivity contribution in [2.24, 2.45) is 0 Å². The van der Waals surface area contributed by atoms with Crippen molar-refractivity contribution >= 4 is 39.0 Å². The fraction of sp³-hybridized carbons (Fsp3) is 0.212. The first kappa shape index (κ1) is 42.2. The van der Waals surface area contributed by atoms with E-state index < -0.39 is 11.0 Å². The zero-order chi connectivity index (χ0) is 45.7. The second-order valence-electron chi connectivity index (χ2n) is 20.0. The van der Waals surface area contributed by atoms with E-state index in [2.05, 4.69) is 254 Å². The average molecular weight is 881 g/mol. The Balaban J connectivity index is 1.10. The summed E-state index contributed by atoms with van der Waals surface area (Å²) in [5.41, 5.74) is 14.9. The van der Waals surface area contributed by atoms with Crippen LogP contribution in [0.4, 0.5) is 17.1 Å². The summed E-state index contributed by atoms with van der Waals surface area (Å²) >= 11 is 0. The van der Waals surface area contributed by atoms with Crippen molar-refractivity contribution in [1.29, 1.82) is 0 Å². The Morgan fingerprint density at radius 2 is 1.22 bits per heavy atom. The molecular weight excluding hydrogens is 821 g/mol. The standard InChI is InChI=1S/C66H60N2/c1-65(58-40-17-14-35-54(58)53-34-13-12-33-51(53)47-25-6-3-7-26-47)46-21-20-44-62(65)67(63-45-24-41-59-57-37-16-19-43-61(57)68(66(59,63)2)50-31-10-5-11-32-50)60-42-18-15-36-55(60)56-39-23-30-49-29-22-38-52(64(49)56)48-27-8-4-9-28-48/h3,5-7,10-26,29-32,34-46,48,51,62-63H,4,8-9,27-28,33H2,1-2H3. The SMILES string of the molecule is CC1(c2ccccc2C2=CC=CCC2c2ccccc2)C=CC=CC1N(c1ccccc1-c1cccc2cccc(C3CCCCC3)c12)C1C=CC=C2c3ccccc3N(c3ccccc3)C21C. The van der Waals surface area contributed by atoms with Crippen LogP contribution in [0, 0.1) is 0 Å². The van der Waals surface area contributed by atoms with E-state index in [9.17, 15) is 0 Å². The molecule has 0 N–H and O–H groups in total. The van der Waals surface area contributed by atoms with Crippen molar-refractivity contribution in [3.8, 4) is 11.1 Å². The highest BCUT2D eigenvalue weighted by Gasteiger charge is 2.55. The van der Waals surface area contributed by atoms with E-state index >= 15 is 0 Å². The number of para-hydroxylation sites is 3. The highest BCUT2D eigenvalue weighted by atomic mass is 15.3. The van der Waals surface area contributed by atoms with Gasteiger partial charge in [-0.05, 0) is 113 Å². The van der Waals surface area contributed by atoms with Crippen LogP contribution in [0.25, 0.3) is 33.0 Å². The van der Waals surface area contributed by atoms with Gasteiger partial charge < -0.3 is 9.80 Å². The van der Waals surface area contributed by atoms with E-state index in [0.717, 1.165) is 6.42 Å². The zero-order valence-corrected chi connectivity index (χ0v) is 39.4. The van der Waals surface area contributed by atoms with Crippen LogP contribution in [0.2, 0.25) is 0 Å². The lowest BCUT2D eigenvalue weighted by atomic mass is 9.67. The Hall–Kier alpha value is -7.16. The topological polar surface area (TPSA) is 6.48 Å². The number of hydrogen-bond donors (Lipinski definition) is 0. The highest BCUT2D eigenvalue weighted by Crippen LogP contribution is 2.57. The summed E-state index contributed by atoms with van der Waals surface area (Å²) in [5.74, 6) is 0.828. The first-order valence-corrected chi connectivity index (χ1v) is 25.1. The molecule has 5 atom stereocenters. The third kappa shape index (κ3) is 6.91. The largest absolute Gasteiger partial charge is 0.354 e. The molecule has 0 bridgehead atoms. The van der Waals surface area contributed by atoms with Crippen LogP contribution in [-0.2, 0) is 5.41 Å². The van der Waals surface area contributed by atoms with Gasteiger partial charge in [-0.3, -0.25) is 0 Å². The quantitative estimate of drug-likeness (QED) is 0.143. The fourth-order valence-electron chi connectivity index (χ4n) is 13.1. The molecule has 0 spiro atoms. The van der Waals surface area contributed by atoms with Gasteiger partial charge in [0.2, 0.25) is 0 Å². The van der Waals surface area contributed by atoms with Crippen molar-refractivity contribution in [2.75, 3.05) is 9.80 Å². The van der Waals surface area contributed by atoms with Crippen LogP contribution in [0.15, 0.2) is 231 Å². The van der Waals surface area contributed by atoms with E-state index in [1.54, 1.807) is 0 Å². The summed E-state index contributed by atoms with van der Waals surface area (Å²) in [7, 11) is 0. The van der Waals surface area contributed by atoms with Gasteiger partial charge in [-0.15, -0.1) is 0 Å². The normalized spacial score (nSPS) is 24.1. The molecule has 5 unspecified atom stereocenters. The van der Waals surface area contributed by atoms with Gasteiger partial charge in [-0.2, -0.15) is 0 Å². The highest BCUT2D eigenvalue weighted by molar-refractivity contribution is 6.03. The first-order chi connectivity index (χ1) is 33.5. The molecule has 0 saturated heterocycles. The molecular formula is C66H60N2. The molecule has 5 aliphatic rings. The van der Waals surface area contributed by atoms with Crippen LogP contribution < -0.4 is 9.80 Å². The van der Waals surface area contributed by atoms with Crippen molar-refractivity contribution in [2.45, 2.75) is 87.2 Å². The van der Waals surface area contributed by atoms with Crippen LogP contribution in [0.5, 0.6) is 0 Å². The monoisotopic (exact) mass is 880 g/mol. The summed E-state index contributed by atoms with van der Waals surface area (Å²) in [5, 5.41) is 2.74. The molecule has 4 aliphatic carbocycles. The minimum Gasteiger partial charge on any atom is -0.354 e. The summed E-state index contributed by atoms with van der Waals surface area (Å²) in [6.07, 6.45) is 31.3. The molecule has 1 aliphatic heterocycles. The van der Waals surface area contributed by atoms with Gasteiger partial charge in [-0.1, -0.05) is 226 Å². The van der Waals surface area contributed by atoms with E-state index in [0.29, 0.717) is 5.92 Å². The molecule has 2 nitrogen and oxygen atoms in total. The lowest BCUT2D eigenvalue weighted by Crippen LogP contribution is -2.63. The Bertz CT molecular complexity index is 3190. The van der Waals surface area contributed by atoms with E-state index in [1.165, 1.54) is 110 Å². The number of allylic oxidation sites excluding steroid dienone is 8. The second-order valence-corrected chi connectivity index (χ2v) is 20.0. The predicted molar refractivity (Wildman–Crippen MR) is 289 cm³/mol. The van der Waals surface area contributed by atoms with Gasteiger partial charge in [0.15, 0.2) is 0 Å². The smallest absolute Gasteiger partial charge is 0.0920 e. The Kier molecular flexibility index (Phi) is 10.9. The number of rotatable bonds is 9. The van der Waals surface area contributed by atoms with Gasteiger partial charge in [0.05, 0.1) is 17.6 Å². The molecule has 0 aromatic heterocycles. The third-order valence-electron chi connectivity index (χ3n) is 16.3. The molecule has 68 heavy (non-hydrogen) atoms. The summed E-state index contributed by atoms with van der Waals surface area (Å²) in [6.45, 7) is 5.01. The molecule has 7 aromatic carbocycles. The second kappa shape index (κ2) is 17.5. The molecule has 2 heteroatoms. The van der Waals surface area contributed by atoms with Gasteiger partial charge in [0.1, 0.15) is 0 Å². The number of anilines is 3. The zero-order valence-electron chi connectivity index (χ0n) is 39.4. The van der Waals surface area contributed by atoms with Crippen LogP contribution in [-0.4, -0.2) is 17.6 Å². The number of fused-ring (bicyclic) bond motifs is 4. The average Bonchev–Trinajstić information content (AvgIpc) is 3.68. The first-order valence-electron chi connectivity index (χ1n) is 25.1. The maximum atomic E-state index is 2.85. The Morgan fingerprint density at radius 1 is 0.544 bits per heavy atom. The van der Waals surface area contributed by atoms with E-state index in [4.69, 9.17) is 0 Å².